The van der Waals surface area contributed by atoms with Gasteiger partial charge in [0.1, 0.15) is 13.2 Å². The molecule has 0 aromatic rings. The predicted octanol–water partition coefficient (Wildman–Crippen LogP) is 24.0. The largest absolute Gasteiger partial charge is 0.462 e. The summed E-state index contributed by atoms with van der Waals surface area (Å²) in [5.74, 6) is -0.915. The molecule has 0 aromatic carbocycles. The molecule has 0 amide bonds. The zero-order chi connectivity index (χ0) is 58.5. The van der Waals surface area contributed by atoms with Crippen LogP contribution in [0.1, 0.15) is 342 Å². The number of carbonyl (C=O) groups is 3. The first kappa shape index (κ1) is 77.3. The number of carbonyl (C=O) groups excluding carboxylic acids is 3. The van der Waals surface area contributed by atoms with Crippen LogP contribution >= 0.6 is 0 Å². The van der Waals surface area contributed by atoms with Crippen molar-refractivity contribution in [3.8, 4) is 0 Å². The van der Waals surface area contributed by atoms with Gasteiger partial charge in [0, 0.05) is 19.3 Å². The molecule has 0 fully saturated rings. The van der Waals surface area contributed by atoms with Crippen molar-refractivity contribution in [2.45, 2.75) is 348 Å². The average molecular weight is 1130 g/mol. The Labute approximate surface area is 502 Å². The van der Waals surface area contributed by atoms with Crippen LogP contribution in [0.4, 0.5) is 0 Å². The Morgan fingerprint density at radius 3 is 0.753 bits per heavy atom. The third-order valence-electron chi connectivity index (χ3n) is 15.1. The summed E-state index contributed by atoms with van der Waals surface area (Å²) in [6, 6.07) is 0. The van der Waals surface area contributed by atoms with Crippen LogP contribution in [-0.2, 0) is 28.6 Å². The van der Waals surface area contributed by atoms with E-state index in [0.717, 1.165) is 109 Å². The van der Waals surface area contributed by atoms with Crippen LogP contribution < -0.4 is 0 Å². The Hall–Kier alpha value is -3.67. The minimum atomic E-state index is -0.794. The van der Waals surface area contributed by atoms with Gasteiger partial charge in [-0.25, -0.2) is 0 Å². The van der Waals surface area contributed by atoms with E-state index in [1.807, 2.05) is 0 Å². The number of hydrogen-bond donors (Lipinski definition) is 0. The highest BCUT2D eigenvalue weighted by Crippen LogP contribution is 2.18. The number of unbranched alkanes of at least 4 members (excludes halogenated alkanes) is 36. The summed E-state index contributed by atoms with van der Waals surface area (Å²) in [6.07, 6.45) is 92.9. The zero-order valence-corrected chi connectivity index (χ0v) is 53.5. The molecule has 0 rings (SSSR count). The van der Waals surface area contributed by atoms with Crippen molar-refractivity contribution in [2.75, 3.05) is 13.2 Å². The summed E-state index contributed by atoms with van der Waals surface area (Å²) in [5.41, 5.74) is 0. The van der Waals surface area contributed by atoms with Crippen molar-refractivity contribution in [1.82, 2.24) is 0 Å². The highest BCUT2D eigenvalue weighted by Gasteiger charge is 2.19. The lowest BCUT2D eigenvalue weighted by atomic mass is 10.0. The van der Waals surface area contributed by atoms with Gasteiger partial charge >= 0.3 is 17.9 Å². The molecule has 0 N–H and O–H groups in total. The Bertz CT molecular complexity index is 1580. The maximum Gasteiger partial charge on any atom is 0.306 e. The number of allylic oxidation sites excluding steroid dienone is 16. The number of hydrogen-bond acceptors (Lipinski definition) is 6. The van der Waals surface area contributed by atoms with Crippen molar-refractivity contribution in [3.63, 3.8) is 0 Å². The molecule has 0 saturated carbocycles. The number of rotatable bonds is 63. The number of ether oxygens (including phenoxy) is 3. The molecule has 0 radical (unpaired) electrons. The van der Waals surface area contributed by atoms with E-state index in [1.165, 1.54) is 193 Å². The predicted molar refractivity (Wildman–Crippen MR) is 353 cm³/mol. The van der Waals surface area contributed by atoms with Crippen molar-refractivity contribution in [1.29, 1.82) is 0 Å². The lowest BCUT2D eigenvalue weighted by Gasteiger charge is -2.18. The van der Waals surface area contributed by atoms with Gasteiger partial charge in [0.15, 0.2) is 6.10 Å². The topological polar surface area (TPSA) is 78.9 Å². The van der Waals surface area contributed by atoms with Gasteiger partial charge in [0.2, 0.25) is 0 Å². The van der Waals surface area contributed by atoms with E-state index in [2.05, 4.69) is 118 Å². The van der Waals surface area contributed by atoms with Crippen molar-refractivity contribution < 1.29 is 28.6 Å². The van der Waals surface area contributed by atoms with E-state index in [0.29, 0.717) is 19.3 Å². The smallest absolute Gasteiger partial charge is 0.306 e. The Morgan fingerprint density at radius 1 is 0.259 bits per heavy atom. The molecule has 0 spiro atoms. The molecule has 6 heteroatoms. The van der Waals surface area contributed by atoms with Gasteiger partial charge in [-0.2, -0.15) is 0 Å². The number of esters is 3. The van der Waals surface area contributed by atoms with E-state index >= 15 is 0 Å². The van der Waals surface area contributed by atoms with Crippen molar-refractivity contribution in [2.24, 2.45) is 0 Å². The van der Waals surface area contributed by atoms with Gasteiger partial charge in [0.05, 0.1) is 0 Å². The first-order valence-electron chi connectivity index (χ1n) is 34.7. The summed E-state index contributed by atoms with van der Waals surface area (Å²) in [5, 5.41) is 0. The normalized spacial score (nSPS) is 12.7. The molecular weight excluding hydrogens is 997 g/mol. The summed E-state index contributed by atoms with van der Waals surface area (Å²) in [6.45, 7) is 6.54. The molecule has 0 bridgehead atoms. The molecular formula is C75H130O6. The van der Waals surface area contributed by atoms with Crippen LogP contribution in [-0.4, -0.2) is 37.2 Å². The highest BCUT2D eigenvalue weighted by molar-refractivity contribution is 5.71. The van der Waals surface area contributed by atoms with Crippen LogP contribution in [0.3, 0.4) is 0 Å². The molecule has 0 saturated heterocycles. The second kappa shape index (κ2) is 68.8. The van der Waals surface area contributed by atoms with E-state index in [-0.39, 0.29) is 31.1 Å². The maximum atomic E-state index is 12.9. The molecule has 0 aliphatic heterocycles. The van der Waals surface area contributed by atoms with E-state index < -0.39 is 6.10 Å². The zero-order valence-electron chi connectivity index (χ0n) is 53.5. The first-order valence-corrected chi connectivity index (χ1v) is 34.7. The molecule has 0 aromatic heterocycles. The summed E-state index contributed by atoms with van der Waals surface area (Å²) in [7, 11) is 0. The van der Waals surface area contributed by atoms with Crippen LogP contribution in [0.25, 0.3) is 0 Å². The molecule has 0 heterocycles. The summed E-state index contributed by atoms with van der Waals surface area (Å²) in [4.78, 5) is 38.4. The quantitative estimate of drug-likeness (QED) is 0.0261. The van der Waals surface area contributed by atoms with Crippen molar-refractivity contribution in [3.05, 3.63) is 97.2 Å². The standard InChI is InChI=1S/C75H130O6/c1-4-7-10-13-16-19-22-25-27-29-31-33-35-36-37-38-40-41-43-45-47-50-53-56-59-62-65-68-74(77)80-71-72(70-79-73(76)67-64-61-58-55-52-49-24-21-18-15-12-9-6-3)81-75(78)69-66-63-60-57-54-51-48-46-44-42-39-34-32-30-28-26-23-20-17-14-11-8-5-2/h7,10,16,19,25,27,31,33,36-37,40-41,45,47,53,56,72H,4-6,8-9,11-15,17-18,20-24,26,28-30,32,34-35,38-39,42-44,46,48-52,54-55,57-71H2,1-3H3/b10-7-,19-16-,27-25-,33-31-,37-36-,41-40-,47-45-,56-53-. The molecule has 466 valence electrons. The first-order chi connectivity index (χ1) is 40.0. The lowest BCUT2D eigenvalue weighted by Crippen LogP contribution is -2.30. The van der Waals surface area contributed by atoms with Crippen LogP contribution in [0.15, 0.2) is 97.2 Å². The minimum absolute atomic E-state index is 0.0870. The fraction of sp³-hybridized carbons (Fsp3) is 0.747. The minimum Gasteiger partial charge on any atom is -0.462 e. The van der Waals surface area contributed by atoms with Gasteiger partial charge in [-0.1, -0.05) is 336 Å². The van der Waals surface area contributed by atoms with Gasteiger partial charge in [-0.15, -0.1) is 0 Å². The van der Waals surface area contributed by atoms with E-state index in [9.17, 15) is 14.4 Å². The second-order valence-corrected chi connectivity index (χ2v) is 23.1. The Balaban J connectivity index is 4.37. The molecule has 81 heavy (non-hydrogen) atoms. The molecule has 0 aliphatic rings. The highest BCUT2D eigenvalue weighted by atomic mass is 16.6. The monoisotopic (exact) mass is 1130 g/mol. The SMILES string of the molecule is CC/C=C\C/C=C\C/C=C\C/C=C\C/C=C\C/C=C\C/C=C\C/C=C\CCCCC(=O)OCC(COC(=O)CCCCCCCCCCCCCCC)OC(=O)CCCCCCCCCCCCCCCCCCCCCCCCC. The fourth-order valence-corrected chi connectivity index (χ4v) is 9.93. The summed E-state index contributed by atoms with van der Waals surface area (Å²) >= 11 is 0. The molecule has 1 unspecified atom stereocenters. The van der Waals surface area contributed by atoms with Crippen LogP contribution in [0, 0.1) is 0 Å². The van der Waals surface area contributed by atoms with Gasteiger partial charge < -0.3 is 14.2 Å². The third kappa shape index (κ3) is 67.0. The Kier molecular flexibility index (Phi) is 65.7. The van der Waals surface area contributed by atoms with Gasteiger partial charge in [-0.3, -0.25) is 14.4 Å². The molecule has 1 atom stereocenters. The van der Waals surface area contributed by atoms with Crippen LogP contribution in [0.2, 0.25) is 0 Å². The van der Waals surface area contributed by atoms with Crippen molar-refractivity contribution >= 4 is 17.9 Å². The molecule has 6 nitrogen and oxygen atoms in total. The second-order valence-electron chi connectivity index (χ2n) is 23.1. The summed E-state index contributed by atoms with van der Waals surface area (Å²) < 4.78 is 16.9. The average Bonchev–Trinajstić information content (AvgIpc) is 3.46. The fourth-order valence-electron chi connectivity index (χ4n) is 9.93. The van der Waals surface area contributed by atoms with Crippen LogP contribution in [0.5, 0.6) is 0 Å². The van der Waals surface area contributed by atoms with E-state index in [4.69, 9.17) is 14.2 Å². The molecule has 0 aliphatic carbocycles. The van der Waals surface area contributed by atoms with E-state index in [1.54, 1.807) is 0 Å². The van der Waals surface area contributed by atoms with Gasteiger partial charge in [-0.05, 0) is 83.5 Å². The van der Waals surface area contributed by atoms with Gasteiger partial charge in [0.25, 0.3) is 0 Å². The maximum absolute atomic E-state index is 12.9. The lowest BCUT2D eigenvalue weighted by molar-refractivity contribution is -0.167. The third-order valence-corrected chi connectivity index (χ3v) is 15.1. The Morgan fingerprint density at radius 2 is 0.481 bits per heavy atom.